The number of aromatic nitrogens is 3. The predicted molar refractivity (Wildman–Crippen MR) is 129 cm³/mol. The van der Waals surface area contributed by atoms with E-state index in [1.807, 2.05) is 44.4 Å². The highest BCUT2D eigenvalue weighted by atomic mass is 32.1. The molecular formula is C24H25N3O3S2. The Bertz CT molecular complexity index is 1370. The van der Waals surface area contributed by atoms with Crippen LogP contribution in [0.5, 0.6) is 0 Å². The minimum atomic E-state index is -0.168. The zero-order valence-corrected chi connectivity index (χ0v) is 20.0. The molecule has 166 valence electrons. The van der Waals surface area contributed by atoms with Gasteiger partial charge in [-0.05, 0) is 51.8 Å². The van der Waals surface area contributed by atoms with Gasteiger partial charge in [0.1, 0.15) is 4.83 Å². The normalized spacial score (nSPS) is 16.3. The van der Waals surface area contributed by atoms with Crippen molar-refractivity contribution in [3.05, 3.63) is 62.1 Å². The molecule has 0 saturated carbocycles. The lowest BCUT2D eigenvalue weighted by Crippen LogP contribution is -2.25. The Balaban J connectivity index is 1.45. The maximum Gasteiger partial charge on any atom is 0.263 e. The number of rotatable bonds is 6. The van der Waals surface area contributed by atoms with Crippen molar-refractivity contribution in [2.45, 2.75) is 52.8 Å². The van der Waals surface area contributed by atoms with E-state index < -0.39 is 0 Å². The lowest BCUT2D eigenvalue weighted by Gasteiger charge is -2.14. The second-order valence-electron chi connectivity index (χ2n) is 8.37. The second-order valence-corrected chi connectivity index (χ2v) is 10.5. The SMILES string of the molecule is Cc1ccc(-c2csc3ncn(CC(=O)c4cc(C)n(CC5CCCO5)c4C)c(=O)c23)s1. The molecule has 1 atom stereocenters. The number of fused-ring (bicyclic) bond motifs is 1. The Morgan fingerprint density at radius 2 is 2.12 bits per heavy atom. The summed E-state index contributed by atoms with van der Waals surface area (Å²) in [6, 6.07) is 6.01. The van der Waals surface area contributed by atoms with E-state index in [0.717, 1.165) is 47.8 Å². The van der Waals surface area contributed by atoms with Gasteiger partial charge in [-0.15, -0.1) is 22.7 Å². The summed E-state index contributed by atoms with van der Waals surface area (Å²) in [4.78, 5) is 33.9. The van der Waals surface area contributed by atoms with Gasteiger partial charge in [0.25, 0.3) is 5.56 Å². The number of carbonyl (C=O) groups is 1. The Morgan fingerprint density at radius 1 is 1.28 bits per heavy atom. The fraction of sp³-hybridized carbons (Fsp3) is 0.375. The minimum Gasteiger partial charge on any atom is -0.376 e. The van der Waals surface area contributed by atoms with E-state index in [4.69, 9.17) is 4.74 Å². The van der Waals surface area contributed by atoms with Crippen molar-refractivity contribution < 1.29 is 9.53 Å². The molecule has 4 aromatic heterocycles. The third-order valence-electron chi connectivity index (χ3n) is 6.16. The first-order valence-corrected chi connectivity index (χ1v) is 12.5. The summed E-state index contributed by atoms with van der Waals surface area (Å²) in [5.41, 5.74) is 3.36. The third kappa shape index (κ3) is 3.76. The van der Waals surface area contributed by atoms with Crippen LogP contribution in [0.15, 0.2) is 34.7 Å². The molecule has 1 unspecified atom stereocenters. The maximum absolute atomic E-state index is 13.3. The molecule has 0 amide bonds. The van der Waals surface area contributed by atoms with Crippen LogP contribution in [0.2, 0.25) is 0 Å². The van der Waals surface area contributed by atoms with Crippen molar-refractivity contribution in [3.8, 4) is 10.4 Å². The Labute approximate surface area is 194 Å². The lowest BCUT2D eigenvalue weighted by molar-refractivity contribution is 0.0948. The molecule has 1 aliphatic heterocycles. The zero-order valence-electron chi connectivity index (χ0n) is 18.4. The first-order chi connectivity index (χ1) is 15.4. The average Bonchev–Trinajstić information content (AvgIpc) is 3.55. The maximum atomic E-state index is 13.3. The predicted octanol–water partition coefficient (Wildman–Crippen LogP) is 4.98. The van der Waals surface area contributed by atoms with Crippen LogP contribution in [0.1, 0.15) is 39.5 Å². The number of thiophene rings is 2. The van der Waals surface area contributed by atoms with Gasteiger partial charge in [0.2, 0.25) is 0 Å². The largest absolute Gasteiger partial charge is 0.376 e. The van der Waals surface area contributed by atoms with Gasteiger partial charge in [-0.25, -0.2) is 4.98 Å². The number of hydrogen-bond donors (Lipinski definition) is 0. The molecule has 8 heteroatoms. The van der Waals surface area contributed by atoms with Crippen molar-refractivity contribution in [3.63, 3.8) is 0 Å². The molecule has 5 heterocycles. The molecule has 0 aromatic carbocycles. The first kappa shape index (κ1) is 21.3. The van der Waals surface area contributed by atoms with Crippen LogP contribution in [0.4, 0.5) is 0 Å². The smallest absolute Gasteiger partial charge is 0.263 e. The average molecular weight is 468 g/mol. The molecule has 0 N–H and O–H groups in total. The lowest BCUT2D eigenvalue weighted by atomic mass is 10.1. The molecule has 1 saturated heterocycles. The van der Waals surface area contributed by atoms with Gasteiger partial charge in [-0.2, -0.15) is 0 Å². The van der Waals surface area contributed by atoms with Crippen molar-refractivity contribution in [1.29, 1.82) is 0 Å². The van der Waals surface area contributed by atoms with Crippen LogP contribution < -0.4 is 5.56 Å². The third-order valence-corrected chi connectivity index (χ3v) is 8.09. The van der Waals surface area contributed by atoms with E-state index in [1.54, 1.807) is 11.3 Å². The minimum absolute atomic E-state index is 0.0231. The summed E-state index contributed by atoms with van der Waals surface area (Å²) in [6.45, 7) is 7.58. The van der Waals surface area contributed by atoms with E-state index in [0.29, 0.717) is 15.8 Å². The highest BCUT2D eigenvalue weighted by molar-refractivity contribution is 7.19. The summed E-state index contributed by atoms with van der Waals surface area (Å²) < 4.78 is 9.37. The van der Waals surface area contributed by atoms with Crippen LogP contribution in [0.3, 0.4) is 0 Å². The molecule has 6 nitrogen and oxygen atoms in total. The monoisotopic (exact) mass is 467 g/mol. The summed E-state index contributed by atoms with van der Waals surface area (Å²) in [5, 5.41) is 2.57. The van der Waals surface area contributed by atoms with Crippen LogP contribution in [-0.4, -0.2) is 32.6 Å². The van der Waals surface area contributed by atoms with E-state index in [1.165, 1.54) is 27.1 Å². The number of hydrogen-bond acceptors (Lipinski definition) is 6. The Hall–Kier alpha value is -2.55. The van der Waals surface area contributed by atoms with Gasteiger partial charge >= 0.3 is 0 Å². The number of nitrogens with zero attached hydrogens (tertiary/aromatic N) is 3. The number of Topliss-reactive ketones (excluding diaryl/α,β-unsaturated/α-hetero) is 1. The molecular weight excluding hydrogens is 442 g/mol. The van der Waals surface area contributed by atoms with Gasteiger partial charge in [-0.3, -0.25) is 14.2 Å². The topological polar surface area (TPSA) is 66.1 Å². The number of carbonyl (C=O) groups excluding carboxylic acids is 1. The highest BCUT2D eigenvalue weighted by Crippen LogP contribution is 2.35. The van der Waals surface area contributed by atoms with Crippen LogP contribution >= 0.6 is 22.7 Å². The summed E-state index contributed by atoms with van der Waals surface area (Å²) in [7, 11) is 0. The van der Waals surface area contributed by atoms with Gasteiger partial charge in [0, 0.05) is 50.8 Å². The highest BCUT2D eigenvalue weighted by Gasteiger charge is 2.22. The zero-order chi connectivity index (χ0) is 22.4. The number of ether oxygens (including phenoxy) is 1. The Kier molecular flexibility index (Phi) is 5.61. The van der Waals surface area contributed by atoms with E-state index >= 15 is 0 Å². The molecule has 0 spiro atoms. The van der Waals surface area contributed by atoms with Crippen molar-refractivity contribution in [2.75, 3.05) is 6.61 Å². The van der Waals surface area contributed by atoms with Gasteiger partial charge in [-0.1, -0.05) is 0 Å². The molecule has 5 rings (SSSR count). The van der Waals surface area contributed by atoms with Crippen molar-refractivity contribution in [2.24, 2.45) is 0 Å². The van der Waals surface area contributed by atoms with E-state index in [9.17, 15) is 9.59 Å². The van der Waals surface area contributed by atoms with Gasteiger partial charge in [0.15, 0.2) is 5.78 Å². The second kappa shape index (κ2) is 8.42. The van der Waals surface area contributed by atoms with Crippen LogP contribution in [0, 0.1) is 20.8 Å². The molecule has 32 heavy (non-hydrogen) atoms. The fourth-order valence-electron chi connectivity index (χ4n) is 4.44. The number of aryl methyl sites for hydroxylation is 2. The molecule has 4 aromatic rings. The molecule has 0 aliphatic carbocycles. The summed E-state index contributed by atoms with van der Waals surface area (Å²) in [6.07, 6.45) is 3.83. The van der Waals surface area contributed by atoms with Crippen molar-refractivity contribution in [1.82, 2.24) is 14.1 Å². The standard InChI is InChI=1S/C24H25N3O3S2/c1-14-9-18(16(3)27(14)10-17-5-4-8-30-17)20(28)11-26-13-25-23-22(24(26)29)19(12-31-23)21-7-6-15(2)32-21/h6-7,9,12-13,17H,4-5,8,10-11H2,1-3H3. The van der Waals surface area contributed by atoms with Crippen molar-refractivity contribution >= 4 is 38.7 Å². The van der Waals surface area contributed by atoms with Gasteiger partial charge < -0.3 is 9.30 Å². The Morgan fingerprint density at radius 3 is 2.84 bits per heavy atom. The van der Waals surface area contributed by atoms with Gasteiger partial charge in [0.05, 0.1) is 24.4 Å². The summed E-state index contributed by atoms with van der Waals surface area (Å²) in [5.74, 6) is -0.0799. The summed E-state index contributed by atoms with van der Waals surface area (Å²) >= 11 is 3.12. The van der Waals surface area contributed by atoms with Crippen LogP contribution in [0.25, 0.3) is 20.7 Å². The number of ketones is 1. The molecule has 1 fully saturated rings. The van der Waals surface area contributed by atoms with E-state index in [-0.39, 0.29) is 24.0 Å². The van der Waals surface area contributed by atoms with E-state index in [2.05, 4.69) is 9.55 Å². The van der Waals surface area contributed by atoms with Crippen LogP contribution in [-0.2, 0) is 17.8 Å². The molecule has 0 radical (unpaired) electrons. The first-order valence-electron chi connectivity index (χ1n) is 10.8. The quantitative estimate of drug-likeness (QED) is 0.375. The molecule has 0 bridgehead atoms. The fourth-order valence-corrected chi connectivity index (χ4v) is 6.30. The molecule has 1 aliphatic rings.